The second kappa shape index (κ2) is 6.63. The van der Waals surface area contributed by atoms with Crippen LogP contribution in [0.2, 0.25) is 0 Å². The zero-order chi connectivity index (χ0) is 16.2. The van der Waals surface area contributed by atoms with Gasteiger partial charge in [0.15, 0.2) is 0 Å². The van der Waals surface area contributed by atoms with Crippen LogP contribution in [0.15, 0.2) is 41.6 Å². The van der Waals surface area contributed by atoms with Gasteiger partial charge < -0.3 is 5.32 Å². The van der Waals surface area contributed by atoms with Crippen molar-refractivity contribution >= 4 is 15.9 Å². The average molecular weight is 320 g/mol. The van der Waals surface area contributed by atoms with Gasteiger partial charge >= 0.3 is 0 Å². The quantitative estimate of drug-likeness (QED) is 0.841. The lowest BCUT2D eigenvalue weighted by Crippen LogP contribution is -2.24. The predicted molar refractivity (Wildman–Crippen MR) is 80.6 cm³/mol. The fraction of sp³-hybridized carbons (Fsp3) is 0.214. The number of hydrogen-bond acceptors (Lipinski definition) is 5. The minimum Gasteiger partial charge on any atom is -0.347 e. The van der Waals surface area contributed by atoms with Gasteiger partial charge in [0.05, 0.1) is 16.8 Å². The Hall–Kier alpha value is -2.32. The summed E-state index contributed by atoms with van der Waals surface area (Å²) in [5, 5.41) is 2.67. The molecule has 7 nitrogen and oxygen atoms in total. The smallest absolute Gasteiger partial charge is 0.271 e. The molecule has 1 amide bonds. The van der Waals surface area contributed by atoms with E-state index in [9.17, 15) is 13.2 Å². The van der Waals surface area contributed by atoms with E-state index in [-0.39, 0.29) is 23.0 Å². The number of benzene rings is 1. The van der Waals surface area contributed by atoms with Crippen LogP contribution < -0.4 is 10.0 Å². The summed E-state index contributed by atoms with van der Waals surface area (Å²) in [6.07, 6.45) is 2.90. The molecule has 2 N–H and O–H groups in total. The Morgan fingerprint density at radius 3 is 2.64 bits per heavy atom. The molecule has 0 saturated heterocycles. The topological polar surface area (TPSA) is 101 Å². The van der Waals surface area contributed by atoms with Gasteiger partial charge in [0.2, 0.25) is 10.0 Å². The van der Waals surface area contributed by atoms with E-state index in [1.165, 1.54) is 31.6 Å². The van der Waals surface area contributed by atoms with Gasteiger partial charge in [0.25, 0.3) is 5.91 Å². The molecule has 1 aromatic carbocycles. The van der Waals surface area contributed by atoms with Crippen molar-refractivity contribution in [2.75, 3.05) is 7.05 Å². The summed E-state index contributed by atoms with van der Waals surface area (Å²) in [4.78, 5) is 20.1. The second-order valence-corrected chi connectivity index (χ2v) is 6.47. The van der Waals surface area contributed by atoms with Gasteiger partial charge in [0, 0.05) is 12.7 Å². The lowest BCUT2D eigenvalue weighted by molar-refractivity contribution is 0.0945. The van der Waals surface area contributed by atoms with E-state index in [1.807, 2.05) is 0 Å². The Kier molecular flexibility index (Phi) is 4.84. The van der Waals surface area contributed by atoms with Gasteiger partial charge in [-0.1, -0.05) is 12.1 Å². The number of amides is 1. The lowest BCUT2D eigenvalue weighted by atomic mass is 10.2. The molecule has 2 aromatic rings. The summed E-state index contributed by atoms with van der Waals surface area (Å²) in [7, 11) is -2.15. The maximum Gasteiger partial charge on any atom is 0.271 e. The van der Waals surface area contributed by atoms with E-state index in [1.54, 1.807) is 19.1 Å². The molecule has 0 aliphatic rings. The van der Waals surface area contributed by atoms with Crippen molar-refractivity contribution in [3.05, 3.63) is 53.6 Å². The summed E-state index contributed by atoms with van der Waals surface area (Å²) in [5.74, 6) is -0.366. The Morgan fingerprint density at radius 2 is 2.00 bits per heavy atom. The maximum absolute atomic E-state index is 11.9. The Morgan fingerprint density at radius 1 is 1.23 bits per heavy atom. The van der Waals surface area contributed by atoms with Crippen molar-refractivity contribution in [2.24, 2.45) is 0 Å². The SMILES string of the molecule is CNS(=O)(=O)c1cccc(CNC(=O)c2cnc(C)cn2)c1. The Balaban J connectivity index is 2.07. The molecule has 1 aromatic heterocycles. The molecule has 0 atom stereocenters. The number of nitrogens with one attached hydrogen (secondary N) is 2. The van der Waals surface area contributed by atoms with Crippen LogP contribution in [-0.4, -0.2) is 31.3 Å². The number of carbonyl (C=O) groups is 1. The number of carbonyl (C=O) groups excluding carboxylic acids is 1. The van der Waals surface area contributed by atoms with Gasteiger partial charge in [-0.05, 0) is 31.7 Å². The van der Waals surface area contributed by atoms with E-state index in [2.05, 4.69) is 20.0 Å². The molecule has 0 aliphatic carbocycles. The molecule has 0 fully saturated rings. The van der Waals surface area contributed by atoms with Crippen LogP contribution in [0.4, 0.5) is 0 Å². The molecule has 22 heavy (non-hydrogen) atoms. The van der Waals surface area contributed by atoms with E-state index < -0.39 is 10.0 Å². The summed E-state index contributed by atoms with van der Waals surface area (Å²) in [5.41, 5.74) is 1.61. The van der Waals surface area contributed by atoms with Crippen LogP contribution in [0, 0.1) is 6.92 Å². The number of aromatic nitrogens is 2. The zero-order valence-corrected chi connectivity index (χ0v) is 13.0. The first-order chi connectivity index (χ1) is 10.4. The normalized spacial score (nSPS) is 11.2. The average Bonchev–Trinajstić information content (AvgIpc) is 2.53. The highest BCUT2D eigenvalue weighted by Gasteiger charge is 2.12. The van der Waals surface area contributed by atoms with Gasteiger partial charge in [-0.3, -0.25) is 9.78 Å². The number of nitrogens with zero attached hydrogens (tertiary/aromatic N) is 2. The third kappa shape index (κ3) is 3.86. The van der Waals surface area contributed by atoms with Crippen molar-refractivity contribution in [1.29, 1.82) is 0 Å². The lowest BCUT2D eigenvalue weighted by Gasteiger charge is -2.07. The molecule has 0 radical (unpaired) electrons. The van der Waals surface area contributed by atoms with Crippen LogP contribution in [0.25, 0.3) is 0 Å². The van der Waals surface area contributed by atoms with Gasteiger partial charge in [0.1, 0.15) is 5.69 Å². The van der Waals surface area contributed by atoms with Gasteiger partial charge in [-0.2, -0.15) is 0 Å². The first kappa shape index (κ1) is 16.1. The Bertz CT molecular complexity index is 773. The highest BCUT2D eigenvalue weighted by molar-refractivity contribution is 7.89. The van der Waals surface area contributed by atoms with Crippen molar-refractivity contribution in [3.8, 4) is 0 Å². The van der Waals surface area contributed by atoms with Crippen molar-refractivity contribution < 1.29 is 13.2 Å². The van der Waals surface area contributed by atoms with Crippen LogP contribution in [0.5, 0.6) is 0 Å². The maximum atomic E-state index is 11.9. The molecule has 1 heterocycles. The van der Waals surface area contributed by atoms with Crippen LogP contribution in [-0.2, 0) is 16.6 Å². The molecule has 0 saturated carbocycles. The molecule has 8 heteroatoms. The highest BCUT2D eigenvalue weighted by atomic mass is 32.2. The number of sulfonamides is 1. The molecule has 0 aliphatic heterocycles. The van der Waals surface area contributed by atoms with E-state index >= 15 is 0 Å². The predicted octanol–water partition coefficient (Wildman–Crippen LogP) is 0.623. The van der Waals surface area contributed by atoms with Gasteiger partial charge in [-0.15, -0.1) is 0 Å². The summed E-state index contributed by atoms with van der Waals surface area (Å²) in [6, 6.07) is 6.35. The monoisotopic (exact) mass is 320 g/mol. The zero-order valence-electron chi connectivity index (χ0n) is 12.2. The molecule has 116 valence electrons. The van der Waals surface area contributed by atoms with Crippen molar-refractivity contribution in [2.45, 2.75) is 18.4 Å². The fourth-order valence-electron chi connectivity index (χ4n) is 1.72. The van der Waals surface area contributed by atoms with Crippen LogP contribution >= 0.6 is 0 Å². The minimum absolute atomic E-state index is 0.150. The summed E-state index contributed by atoms with van der Waals surface area (Å²) in [6.45, 7) is 1.98. The largest absolute Gasteiger partial charge is 0.347 e. The fourth-order valence-corrected chi connectivity index (χ4v) is 2.52. The van der Waals surface area contributed by atoms with E-state index in [0.717, 1.165) is 5.69 Å². The molecular formula is C14H16N4O3S. The van der Waals surface area contributed by atoms with Gasteiger partial charge in [-0.25, -0.2) is 18.1 Å². The van der Waals surface area contributed by atoms with E-state index in [4.69, 9.17) is 0 Å². The molecular weight excluding hydrogens is 304 g/mol. The molecule has 0 bridgehead atoms. The third-order valence-corrected chi connectivity index (χ3v) is 4.36. The first-order valence-corrected chi connectivity index (χ1v) is 8.00. The minimum atomic E-state index is -3.50. The highest BCUT2D eigenvalue weighted by Crippen LogP contribution is 2.11. The molecule has 0 unspecified atom stereocenters. The van der Waals surface area contributed by atoms with Crippen molar-refractivity contribution in [3.63, 3.8) is 0 Å². The van der Waals surface area contributed by atoms with Crippen LogP contribution in [0.1, 0.15) is 21.7 Å². The van der Waals surface area contributed by atoms with E-state index in [0.29, 0.717) is 5.56 Å². The second-order valence-electron chi connectivity index (χ2n) is 4.58. The summed E-state index contributed by atoms with van der Waals surface area (Å²) < 4.78 is 25.7. The third-order valence-electron chi connectivity index (χ3n) is 2.94. The molecule has 2 rings (SSSR count). The Labute approximate surface area is 128 Å². The standard InChI is InChI=1S/C14H16N4O3S/c1-10-7-17-13(9-16-10)14(19)18-8-11-4-3-5-12(6-11)22(20,21)15-2/h3-7,9,15H,8H2,1-2H3,(H,18,19). The van der Waals surface area contributed by atoms with Crippen LogP contribution in [0.3, 0.4) is 0 Å². The number of rotatable bonds is 5. The first-order valence-electron chi connectivity index (χ1n) is 6.52. The number of hydrogen-bond donors (Lipinski definition) is 2. The number of aryl methyl sites for hydroxylation is 1. The molecule has 0 spiro atoms. The summed E-state index contributed by atoms with van der Waals surface area (Å²) >= 11 is 0. The van der Waals surface area contributed by atoms with Crippen molar-refractivity contribution in [1.82, 2.24) is 20.0 Å².